The van der Waals surface area contributed by atoms with Crippen LogP contribution >= 0.6 is 0 Å². The summed E-state index contributed by atoms with van der Waals surface area (Å²) in [5.41, 5.74) is 0. The average Bonchev–Trinajstić information content (AvgIpc) is 0. The minimum atomic E-state index is 0. The van der Waals surface area contributed by atoms with Gasteiger partial charge in [0.25, 0.3) is 0 Å². The first-order valence-corrected chi connectivity index (χ1v) is 0. The van der Waals surface area contributed by atoms with Gasteiger partial charge in [0.2, 0.25) is 0 Å². The van der Waals surface area contributed by atoms with E-state index in [9.17, 15) is 0 Å². The second-order valence-corrected chi connectivity index (χ2v) is 0. The fraction of sp³-hybridized carbons (Fsp3) is 1.00. The third-order valence-electron chi connectivity index (χ3n) is 0. The third-order valence-corrected chi connectivity index (χ3v) is 0. The monoisotopic (exact) mass is 88.0 g/mol. The summed E-state index contributed by atoms with van der Waals surface area (Å²) >= 11 is 0. The van der Waals surface area contributed by atoms with Gasteiger partial charge in [-0.2, -0.15) is 0 Å². The molecule has 0 fully saturated rings. The standard InChI is InChI=1S/CH4.3Na.3H/h1H4;;;;;;. The van der Waals surface area contributed by atoms with Gasteiger partial charge in [-0.25, -0.2) is 0 Å². The van der Waals surface area contributed by atoms with Gasteiger partial charge in [-0.1, -0.05) is 7.43 Å². The molecule has 0 aromatic heterocycles. The predicted molar refractivity (Wildman–Crippen MR) is 28.2 cm³/mol. The molecule has 0 rings (SSSR count). The van der Waals surface area contributed by atoms with Crippen LogP contribution in [0.4, 0.5) is 0 Å². The summed E-state index contributed by atoms with van der Waals surface area (Å²) in [5.74, 6) is 0. The van der Waals surface area contributed by atoms with Crippen LogP contribution < -0.4 is 0 Å². The minimum absolute atomic E-state index is 0. The van der Waals surface area contributed by atoms with Crippen molar-refractivity contribution in [2.75, 3.05) is 0 Å². The molecule has 3 heteroatoms. The van der Waals surface area contributed by atoms with Crippen molar-refractivity contribution in [1.29, 1.82) is 0 Å². The quantitative estimate of drug-likeness (QED) is 0.322. The van der Waals surface area contributed by atoms with Gasteiger partial charge in [0.15, 0.2) is 0 Å². The topological polar surface area (TPSA) is 0 Å². The van der Waals surface area contributed by atoms with E-state index in [-0.39, 0.29) is 96.1 Å². The molecule has 0 aromatic carbocycles. The first-order chi connectivity index (χ1) is 0. The Morgan fingerprint density at radius 1 is 0.500 bits per heavy atom. The molecule has 0 heterocycles. The van der Waals surface area contributed by atoms with Crippen LogP contribution in [0.5, 0.6) is 0 Å². The zero-order chi connectivity index (χ0) is 0. The van der Waals surface area contributed by atoms with Crippen molar-refractivity contribution in [3.8, 4) is 0 Å². The van der Waals surface area contributed by atoms with E-state index < -0.39 is 0 Å². The summed E-state index contributed by atoms with van der Waals surface area (Å²) in [6.45, 7) is 0. The van der Waals surface area contributed by atoms with Gasteiger partial charge in [0.1, 0.15) is 0 Å². The zero-order valence-corrected chi connectivity index (χ0v) is 0. The Morgan fingerprint density at radius 2 is 0.500 bits per heavy atom. The van der Waals surface area contributed by atoms with E-state index in [1.165, 1.54) is 0 Å². The molecule has 0 nitrogen and oxygen atoms in total. The summed E-state index contributed by atoms with van der Waals surface area (Å²) in [6.07, 6.45) is 0. The molecule has 0 atom stereocenters. The van der Waals surface area contributed by atoms with Crippen molar-refractivity contribution < 1.29 is 0 Å². The van der Waals surface area contributed by atoms with Gasteiger partial charge in [-0.15, -0.1) is 0 Å². The summed E-state index contributed by atoms with van der Waals surface area (Å²) in [7, 11) is 0. The Kier molecular flexibility index (Phi) is 117. The van der Waals surface area contributed by atoms with Gasteiger partial charge >= 0.3 is 88.7 Å². The molecule has 0 bridgehead atoms. The molecule has 14 valence electrons. The van der Waals surface area contributed by atoms with Crippen LogP contribution in [0.1, 0.15) is 7.43 Å². The molecule has 0 aliphatic heterocycles. The van der Waals surface area contributed by atoms with E-state index in [0.717, 1.165) is 0 Å². The summed E-state index contributed by atoms with van der Waals surface area (Å²) < 4.78 is 0. The van der Waals surface area contributed by atoms with Gasteiger partial charge in [0.05, 0.1) is 0 Å². The number of hydrogen-bond acceptors (Lipinski definition) is 0. The van der Waals surface area contributed by atoms with Crippen LogP contribution in [0.15, 0.2) is 0 Å². The molecule has 0 amide bonds. The molecule has 0 N–H and O–H groups in total. The number of rotatable bonds is 0. The SMILES string of the molecule is C.[NaH].[NaH].[NaH]. The normalized spacial score (nSPS) is 0. The van der Waals surface area contributed by atoms with Crippen LogP contribution in [-0.2, 0) is 0 Å². The van der Waals surface area contributed by atoms with Crippen molar-refractivity contribution in [3.05, 3.63) is 0 Å². The number of hydrogen-bond donors (Lipinski definition) is 0. The van der Waals surface area contributed by atoms with E-state index in [1.807, 2.05) is 0 Å². The van der Waals surface area contributed by atoms with Crippen LogP contribution in [0.2, 0.25) is 0 Å². The van der Waals surface area contributed by atoms with E-state index in [4.69, 9.17) is 0 Å². The summed E-state index contributed by atoms with van der Waals surface area (Å²) in [5, 5.41) is 0. The van der Waals surface area contributed by atoms with Gasteiger partial charge in [-0.3, -0.25) is 0 Å². The third kappa shape index (κ3) is 8.89. The summed E-state index contributed by atoms with van der Waals surface area (Å²) in [4.78, 5) is 0. The maximum absolute atomic E-state index is 0. The first-order valence-electron chi connectivity index (χ1n) is 0. The van der Waals surface area contributed by atoms with Crippen molar-refractivity contribution in [2.24, 2.45) is 0 Å². The van der Waals surface area contributed by atoms with E-state index in [1.54, 1.807) is 0 Å². The molecule has 0 spiro atoms. The zero-order valence-electron chi connectivity index (χ0n) is 0. The summed E-state index contributed by atoms with van der Waals surface area (Å²) in [6, 6.07) is 0. The molecule has 0 saturated carbocycles. The van der Waals surface area contributed by atoms with E-state index in [0.29, 0.717) is 0 Å². The second-order valence-electron chi connectivity index (χ2n) is 0. The van der Waals surface area contributed by atoms with Crippen LogP contribution in [0, 0.1) is 0 Å². The molecule has 0 aliphatic carbocycles. The molecule has 0 aliphatic rings. The van der Waals surface area contributed by atoms with Crippen molar-refractivity contribution >= 4 is 88.7 Å². The molecular weight excluding hydrogens is 81.0 g/mol. The molecular formula is CH7Na3. The van der Waals surface area contributed by atoms with Crippen LogP contribution in [-0.4, -0.2) is 88.7 Å². The van der Waals surface area contributed by atoms with E-state index in [2.05, 4.69) is 0 Å². The van der Waals surface area contributed by atoms with Gasteiger partial charge < -0.3 is 0 Å². The maximum atomic E-state index is 0. The van der Waals surface area contributed by atoms with Crippen molar-refractivity contribution in [1.82, 2.24) is 0 Å². The average molecular weight is 88.0 g/mol. The van der Waals surface area contributed by atoms with Crippen LogP contribution in [0.3, 0.4) is 0 Å². The van der Waals surface area contributed by atoms with Gasteiger partial charge in [-0.05, 0) is 0 Å². The molecule has 4 heavy (non-hydrogen) atoms. The Bertz CT molecular complexity index is 3.25. The molecule has 0 radical (unpaired) electrons. The Labute approximate surface area is 94.0 Å². The van der Waals surface area contributed by atoms with E-state index >= 15 is 0 Å². The van der Waals surface area contributed by atoms with Gasteiger partial charge in [0, 0.05) is 0 Å². The Morgan fingerprint density at radius 3 is 0.500 bits per heavy atom. The molecule has 0 aromatic rings. The Hall–Kier alpha value is 3.00. The second kappa shape index (κ2) is 16.7. The predicted octanol–water partition coefficient (Wildman–Crippen LogP) is -1.31. The van der Waals surface area contributed by atoms with Crippen LogP contribution in [0.25, 0.3) is 0 Å². The fourth-order valence-corrected chi connectivity index (χ4v) is 0. The Balaban J connectivity index is 0. The molecule has 0 unspecified atom stereocenters. The van der Waals surface area contributed by atoms with Crippen molar-refractivity contribution in [2.45, 2.75) is 7.43 Å². The fourth-order valence-electron chi connectivity index (χ4n) is 0. The molecule has 0 saturated heterocycles. The first kappa shape index (κ1) is 28.0. The van der Waals surface area contributed by atoms with Crippen molar-refractivity contribution in [3.63, 3.8) is 0 Å².